The first kappa shape index (κ1) is 27.7. The first-order valence-corrected chi connectivity index (χ1v) is 17.6. The Balaban J connectivity index is 1.08. The monoisotopic (exact) mass is 664 g/mol. The lowest BCUT2D eigenvalue weighted by Gasteiger charge is -2.10. The molecule has 5 aromatic heterocycles. The Kier molecular flexibility index (Phi) is 5.44. The molecule has 12 rings (SSSR count). The summed E-state index contributed by atoms with van der Waals surface area (Å²) in [5.41, 5.74) is 12.6. The molecule has 0 amide bonds. The van der Waals surface area contributed by atoms with E-state index in [1.807, 2.05) is 6.20 Å². The van der Waals surface area contributed by atoms with Gasteiger partial charge in [-0.3, -0.25) is 4.98 Å². The van der Waals surface area contributed by atoms with Crippen LogP contribution >= 0.6 is 0 Å². The highest BCUT2D eigenvalue weighted by molar-refractivity contribution is 6.14. The summed E-state index contributed by atoms with van der Waals surface area (Å²) < 4.78 is 13.7. The van der Waals surface area contributed by atoms with E-state index >= 15 is 0 Å². The van der Waals surface area contributed by atoms with E-state index in [0.717, 1.165) is 61.2 Å². The fraction of sp³-hybridized carbons (Fsp3) is 0. The fourth-order valence-electron chi connectivity index (χ4n) is 8.71. The predicted molar refractivity (Wildman–Crippen MR) is 215 cm³/mol. The molecular weight excluding hydrogens is 637 g/mol. The van der Waals surface area contributed by atoms with Crippen molar-refractivity contribution >= 4 is 87.5 Å². The number of hydrogen-bond acceptors (Lipinski definition) is 2. The molecule has 0 atom stereocenters. The molecule has 0 saturated heterocycles. The number of nitrogens with zero attached hydrogens (tertiary/aromatic N) is 4. The molecule has 0 bridgehead atoms. The number of fused-ring (bicyclic) bond motifs is 12. The third-order valence-electron chi connectivity index (χ3n) is 10.9. The van der Waals surface area contributed by atoms with E-state index in [4.69, 9.17) is 9.40 Å². The molecule has 12 aromatic rings. The van der Waals surface area contributed by atoms with Crippen LogP contribution in [0.2, 0.25) is 0 Å². The summed E-state index contributed by atoms with van der Waals surface area (Å²) in [6.07, 6.45) is 1.90. The molecule has 0 aliphatic carbocycles. The molecule has 0 spiro atoms. The standard InChI is InChI=1S/C47H28N4O/c1-6-16-38-31(11-1)32-12-2-7-17-39(32)49(38)29-21-23-43-36(27-29)35-15-5-8-18-40(35)50(43)30-22-24-45-37(28-30)46-47(52-45)44(25-26-48-46)51-41-19-9-3-13-33(41)34-14-4-10-20-42(34)51/h1-28H. The maximum atomic E-state index is 6.68. The Hall–Kier alpha value is -7.11. The number of hydrogen-bond donors (Lipinski definition) is 0. The molecule has 0 N–H and O–H groups in total. The van der Waals surface area contributed by atoms with Crippen LogP contribution in [0.25, 0.3) is 105 Å². The summed E-state index contributed by atoms with van der Waals surface area (Å²) in [5, 5.41) is 8.36. The molecule has 5 heterocycles. The number of pyridine rings is 1. The van der Waals surface area contributed by atoms with Crippen LogP contribution in [0.3, 0.4) is 0 Å². The molecule has 0 saturated carbocycles. The van der Waals surface area contributed by atoms with Crippen molar-refractivity contribution in [3.63, 3.8) is 0 Å². The third-order valence-corrected chi connectivity index (χ3v) is 10.9. The Morgan fingerprint density at radius 3 is 1.33 bits per heavy atom. The Bertz CT molecular complexity index is 3320. The Labute approximate surface area is 296 Å². The number of aromatic nitrogens is 4. The maximum Gasteiger partial charge on any atom is 0.177 e. The lowest BCUT2D eigenvalue weighted by atomic mass is 10.1. The van der Waals surface area contributed by atoms with Crippen LogP contribution in [-0.2, 0) is 0 Å². The maximum absolute atomic E-state index is 6.68. The SMILES string of the molecule is c1ccc2c(c1)c1ccccc1n2-c1ccc2c(c1)c1ccccc1n2-c1ccc2oc3c(-n4c5ccccc5c5ccccc54)ccnc3c2c1. The molecule has 5 nitrogen and oxygen atoms in total. The van der Waals surface area contributed by atoms with Gasteiger partial charge in [-0.25, -0.2) is 0 Å². The first-order valence-electron chi connectivity index (χ1n) is 17.6. The fourth-order valence-corrected chi connectivity index (χ4v) is 8.71. The zero-order chi connectivity index (χ0) is 33.9. The minimum absolute atomic E-state index is 0.777. The first-order chi connectivity index (χ1) is 25.8. The minimum Gasteiger partial charge on any atom is -0.452 e. The normalized spacial score (nSPS) is 12.2. The van der Waals surface area contributed by atoms with E-state index in [-0.39, 0.29) is 0 Å². The van der Waals surface area contributed by atoms with E-state index in [0.29, 0.717) is 0 Å². The third kappa shape index (κ3) is 3.64. The zero-order valence-electron chi connectivity index (χ0n) is 27.9. The lowest BCUT2D eigenvalue weighted by molar-refractivity contribution is 0.665. The Morgan fingerprint density at radius 1 is 0.365 bits per heavy atom. The van der Waals surface area contributed by atoms with Gasteiger partial charge in [0.15, 0.2) is 5.58 Å². The minimum atomic E-state index is 0.777. The van der Waals surface area contributed by atoms with Crippen LogP contribution in [0.1, 0.15) is 0 Å². The van der Waals surface area contributed by atoms with Gasteiger partial charge >= 0.3 is 0 Å². The van der Waals surface area contributed by atoms with E-state index in [2.05, 4.69) is 177 Å². The molecule has 0 aliphatic heterocycles. The summed E-state index contributed by atoms with van der Waals surface area (Å²) in [7, 11) is 0. The second-order valence-corrected chi connectivity index (χ2v) is 13.6. The molecule has 0 radical (unpaired) electrons. The van der Waals surface area contributed by atoms with Gasteiger partial charge in [0.25, 0.3) is 0 Å². The van der Waals surface area contributed by atoms with Crippen molar-refractivity contribution in [2.75, 3.05) is 0 Å². The Morgan fingerprint density at radius 2 is 0.788 bits per heavy atom. The highest BCUT2D eigenvalue weighted by atomic mass is 16.3. The van der Waals surface area contributed by atoms with E-state index < -0.39 is 0 Å². The average Bonchev–Trinajstić information content (AvgIpc) is 3.94. The topological polar surface area (TPSA) is 40.8 Å². The highest BCUT2D eigenvalue weighted by Gasteiger charge is 2.20. The lowest BCUT2D eigenvalue weighted by Crippen LogP contribution is -1.96. The van der Waals surface area contributed by atoms with Crippen molar-refractivity contribution in [3.05, 3.63) is 170 Å². The molecule has 5 heteroatoms. The highest BCUT2D eigenvalue weighted by Crippen LogP contribution is 2.40. The summed E-state index contributed by atoms with van der Waals surface area (Å²) in [5.74, 6) is 0. The summed E-state index contributed by atoms with van der Waals surface area (Å²) >= 11 is 0. The van der Waals surface area contributed by atoms with Crippen molar-refractivity contribution in [3.8, 4) is 17.1 Å². The van der Waals surface area contributed by atoms with Crippen LogP contribution in [0.5, 0.6) is 0 Å². The zero-order valence-corrected chi connectivity index (χ0v) is 27.9. The summed E-state index contributed by atoms with van der Waals surface area (Å²) in [6.45, 7) is 0. The van der Waals surface area contributed by atoms with Crippen molar-refractivity contribution < 1.29 is 4.42 Å². The predicted octanol–water partition coefficient (Wildman–Crippen LogP) is 12.3. The number of para-hydroxylation sites is 5. The van der Waals surface area contributed by atoms with Gasteiger partial charge in [0, 0.05) is 55.3 Å². The molecule has 7 aromatic carbocycles. The quantitative estimate of drug-likeness (QED) is 0.189. The van der Waals surface area contributed by atoms with Crippen LogP contribution in [0, 0.1) is 0 Å². The van der Waals surface area contributed by atoms with E-state index in [1.54, 1.807) is 0 Å². The van der Waals surface area contributed by atoms with Crippen molar-refractivity contribution in [2.45, 2.75) is 0 Å². The molecule has 52 heavy (non-hydrogen) atoms. The summed E-state index contributed by atoms with van der Waals surface area (Å²) in [4.78, 5) is 4.92. The van der Waals surface area contributed by atoms with Gasteiger partial charge in [-0.05, 0) is 72.8 Å². The summed E-state index contributed by atoms with van der Waals surface area (Å²) in [6, 6.07) is 58.6. The van der Waals surface area contributed by atoms with Gasteiger partial charge in [0.05, 0.1) is 38.8 Å². The molecule has 0 aliphatic rings. The van der Waals surface area contributed by atoms with Crippen LogP contribution in [0.4, 0.5) is 0 Å². The van der Waals surface area contributed by atoms with Crippen LogP contribution in [-0.4, -0.2) is 18.7 Å². The molecule has 242 valence electrons. The second kappa shape index (κ2) is 10.2. The van der Waals surface area contributed by atoms with E-state index in [1.165, 1.54) is 43.4 Å². The van der Waals surface area contributed by atoms with Gasteiger partial charge in [0.1, 0.15) is 11.1 Å². The average molecular weight is 665 g/mol. The van der Waals surface area contributed by atoms with Gasteiger partial charge in [-0.2, -0.15) is 0 Å². The molecule has 0 unspecified atom stereocenters. The number of benzene rings is 7. The number of furan rings is 1. The van der Waals surface area contributed by atoms with Crippen molar-refractivity contribution in [1.29, 1.82) is 0 Å². The van der Waals surface area contributed by atoms with Gasteiger partial charge in [-0.1, -0.05) is 91.0 Å². The van der Waals surface area contributed by atoms with Gasteiger partial charge in [0.2, 0.25) is 0 Å². The molecular formula is C47H28N4O. The molecule has 0 fully saturated rings. The van der Waals surface area contributed by atoms with Crippen LogP contribution in [0.15, 0.2) is 174 Å². The van der Waals surface area contributed by atoms with Gasteiger partial charge < -0.3 is 18.1 Å². The van der Waals surface area contributed by atoms with Crippen LogP contribution < -0.4 is 0 Å². The van der Waals surface area contributed by atoms with Crippen molar-refractivity contribution in [1.82, 2.24) is 18.7 Å². The van der Waals surface area contributed by atoms with Gasteiger partial charge in [-0.15, -0.1) is 0 Å². The largest absolute Gasteiger partial charge is 0.452 e. The second-order valence-electron chi connectivity index (χ2n) is 13.6. The smallest absolute Gasteiger partial charge is 0.177 e. The van der Waals surface area contributed by atoms with Crippen molar-refractivity contribution in [2.24, 2.45) is 0 Å². The van der Waals surface area contributed by atoms with E-state index in [9.17, 15) is 0 Å². The number of rotatable bonds is 3.